The quantitative estimate of drug-likeness (QED) is 0.733. The van der Waals surface area contributed by atoms with Crippen LogP contribution in [0.2, 0.25) is 0 Å². The lowest BCUT2D eigenvalue weighted by Gasteiger charge is -2.02. The van der Waals surface area contributed by atoms with Gasteiger partial charge in [-0.1, -0.05) is 5.92 Å². The molecule has 1 aromatic carbocycles. The van der Waals surface area contributed by atoms with Crippen molar-refractivity contribution in [2.24, 2.45) is 0 Å². The first-order valence-electron chi connectivity index (χ1n) is 4.39. The molecule has 3 nitrogen and oxygen atoms in total. The molecule has 0 spiro atoms. The van der Waals surface area contributed by atoms with Gasteiger partial charge in [0.25, 0.3) is 0 Å². The van der Waals surface area contributed by atoms with Crippen LogP contribution in [0.15, 0.2) is 18.2 Å². The van der Waals surface area contributed by atoms with E-state index in [0.717, 1.165) is 5.69 Å². The standard InChI is InChI=1S/C12H9N3/c1-2-3-6-15-12-5-4-10(8-13)11(7-12)9-14/h4-5,7,15H,6H2,1H3. The molecule has 0 radical (unpaired) electrons. The fourth-order valence-electron chi connectivity index (χ4n) is 1.08. The maximum atomic E-state index is 8.79. The number of nitrogens with zero attached hydrogens (tertiary/aromatic N) is 2. The summed E-state index contributed by atoms with van der Waals surface area (Å²) in [5.74, 6) is 5.61. The lowest BCUT2D eigenvalue weighted by molar-refractivity contribution is 1.36. The molecule has 0 amide bonds. The van der Waals surface area contributed by atoms with Gasteiger partial charge in [-0.25, -0.2) is 0 Å². The molecular formula is C12H9N3. The van der Waals surface area contributed by atoms with Crippen LogP contribution in [0.25, 0.3) is 0 Å². The van der Waals surface area contributed by atoms with Crippen LogP contribution in [0.1, 0.15) is 18.1 Å². The molecule has 0 aliphatic carbocycles. The Morgan fingerprint density at radius 1 is 1.20 bits per heavy atom. The summed E-state index contributed by atoms with van der Waals surface area (Å²) in [6.45, 7) is 2.30. The van der Waals surface area contributed by atoms with Gasteiger partial charge in [-0.15, -0.1) is 5.92 Å². The molecule has 1 N–H and O–H groups in total. The van der Waals surface area contributed by atoms with E-state index in [1.807, 2.05) is 12.1 Å². The van der Waals surface area contributed by atoms with Crippen molar-refractivity contribution < 1.29 is 0 Å². The molecule has 72 valence electrons. The van der Waals surface area contributed by atoms with E-state index in [-0.39, 0.29) is 0 Å². The van der Waals surface area contributed by atoms with Crippen molar-refractivity contribution >= 4 is 5.69 Å². The number of hydrogen-bond donors (Lipinski definition) is 1. The van der Waals surface area contributed by atoms with Gasteiger partial charge in [0.05, 0.1) is 17.7 Å². The molecule has 15 heavy (non-hydrogen) atoms. The van der Waals surface area contributed by atoms with Crippen LogP contribution in [-0.2, 0) is 0 Å². The van der Waals surface area contributed by atoms with Crippen molar-refractivity contribution in [1.82, 2.24) is 0 Å². The average Bonchev–Trinajstić information content (AvgIpc) is 2.29. The first kappa shape index (κ1) is 10.6. The van der Waals surface area contributed by atoms with Crippen molar-refractivity contribution in [2.45, 2.75) is 6.92 Å². The Labute approximate surface area is 89.0 Å². The first-order chi connectivity index (χ1) is 7.31. The largest absolute Gasteiger partial charge is 0.374 e. The van der Waals surface area contributed by atoms with Gasteiger partial charge < -0.3 is 5.32 Å². The van der Waals surface area contributed by atoms with Crippen LogP contribution < -0.4 is 5.32 Å². The number of anilines is 1. The van der Waals surface area contributed by atoms with Gasteiger partial charge in [0.2, 0.25) is 0 Å². The molecule has 0 aliphatic rings. The minimum Gasteiger partial charge on any atom is -0.374 e. The van der Waals surface area contributed by atoms with Gasteiger partial charge in [-0.3, -0.25) is 0 Å². The lowest BCUT2D eigenvalue weighted by Crippen LogP contribution is -1.99. The van der Waals surface area contributed by atoms with Crippen molar-refractivity contribution in [3.05, 3.63) is 29.3 Å². The monoisotopic (exact) mass is 195 g/mol. The fourth-order valence-corrected chi connectivity index (χ4v) is 1.08. The first-order valence-corrected chi connectivity index (χ1v) is 4.39. The maximum absolute atomic E-state index is 8.79. The molecule has 0 fully saturated rings. The molecule has 0 saturated heterocycles. The zero-order valence-corrected chi connectivity index (χ0v) is 8.33. The van der Waals surface area contributed by atoms with E-state index in [9.17, 15) is 0 Å². The Kier molecular flexibility index (Phi) is 3.78. The van der Waals surface area contributed by atoms with Gasteiger partial charge in [0, 0.05) is 5.69 Å². The molecule has 0 bridgehead atoms. The van der Waals surface area contributed by atoms with Crippen LogP contribution in [0.4, 0.5) is 5.69 Å². The second kappa shape index (κ2) is 5.32. The van der Waals surface area contributed by atoms with E-state index in [2.05, 4.69) is 17.2 Å². The minimum absolute atomic E-state index is 0.381. The minimum atomic E-state index is 0.381. The summed E-state index contributed by atoms with van der Waals surface area (Å²) in [5, 5.41) is 20.5. The Bertz CT molecular complexity index is 492. The second-order valence-corrected chi connectivity index (χ2v) is 2.76. The average molecular weight is 195 g/mol. The van der Waals surface area contributed by atoms with Gasteiger partial charge >= 0.3 is 0 Å². The predicted molar refractivity (Wildman–Crippen MR) is 57.8 cm³/mol. The van der Waals surface area contributed by atoms with Crippen LogP contribution in [0.5, 0.6) is 0 Å². The van der Waals surface area contributed by atoms with Crippen molar-refractivity contribution in [3.63, 3.8) is 0 Å². The predicted octanol–water partition coefficient (Wildman–Crippen LogP) is 1.87. The SMILES string of the molecule is CC#CCNc1ccc(C#N)c(C#N)c1. The fraction of sp³-hybridized carbons (Fsp3) is 0.167. The number of benzene rings is 1. The van der Waals surface area contributed by atoms with E-state index in [1.54, 1.807) is 25.1 Å². The van der Waals surface area contributed by atoms with Crippen LogP contribution >= 0.6 is 0 Å². The Morgan fingerprint density at radius 2 is 1.93 bits per heavy atom. The molecule has 0 atom stereocenters. The maximum Gasteiger partial charge on any atom is 0.101 e. The highest BCUT2D eigenvalue weighted by molar-refractivity contribution is 5.56. The van der Waals surface area contributed by atoms with E-state index < -0.39 is 0 Å². The molecule has 1 rings (SSSR count). The molecule has 3 heteroatoms. The number of rotatable bonds is 2. The Balaban J connectivity index is 2.89. The van der Waals surface area contributed by atoms with Gasteiger partial charge in [-0.2, -0.15) is 10.5 Å². The summed E-state index contributed by atoms with van der Waals surface area (Å²) in [7, 11) is 0. The Morgan fingerprint density at radius 3 is 2.53 bits per heavy atom. The summed E-state index contributed by atoms with van der Waals surface area (Å²) in [6.07, 6.45) is 0. The molecule has 0 unspecified atom stereocenters. The van der Waals surface area contributed by atoms with Crippen LogP contribution in [0, 0.1) is 34.5 Å². The zero-order chi connectivity index (χ0) is 11.1. The van der Waals surface area contributed by atoms with Crippen molar-refractivity contribution in [1.29, 1.82) is 10.5 Å². The van der Waals surface area contributed by atoms with E-state index >= 15 is 0 Å². The molecule has 0 saturated carbocycles. The highest BCUT2D eigenvalue weighted by atomic mass is 14.8. The molecule has 0 aliphatic heterocycles. The van der Waals surface area contributed by atoms with E-state index in [0.29, 0.717) is 17.7 Å². The topological polar surface area (TPSA) is 59.6 Å². The Hall–Kier alpha value is -2.44. The zero-order valence-electron chi connectivity index (χ0n) is 8.33. The number of nitriles is 2. The molecule has 0 heterocycles. The molecule has 1 aromatic rings. The number of nitrogens with one attached hydrogen (secondary N) is 1. The normalized spacial score (nSPS) is 7.93. The van der Waals surface area contributed by atoms with Crippen LogP contribution in [-0.4, -0.2) is 6.54 Å². The van der Waals surface area contributed by atoms with E-state index in [1.165, 1.54) is 0 Å². The van der Waals surface area contributed by atoms with Crippen molar-refractivity contribution in [2.75, 3.05) is 11.9 Å². The molecular weight excluding hydrogens is 186 g/mol. The number of hydrogen-bond acceptors (Lipinski definition) is 3. The smallest absolute Gasteiger partial charge is 0.101 e. The third-order valence-electron chi connectivity index (χ3n) is 1.82. The third kappa shape index (κ3) is 2.76. The summed E-state index contributed by atoms with van der Waals surface area (Å²) in [6, 6.07) is 8.98. The summed E-state index contributed by atoms with van der Waals surface area (Å²) in [4.78, 5) is 0. The second-order valence-electron chi connectivity index (χ2n) is 2.76. The summed E-state index contributed by atoms with van der Waals surface area (Å²) in [5.41, 5.74) is 1.57. The van der Waals surface area contributed by atoms with E-state index in [4.69, 9.17) is 10.5 Å². The third-order valence-corrected chi connectivity index (χ3v) is 1.82. The summed E-state index contributed by atoms with van der Waals surface area (Å²) >= 11 is 0. The van der Waals surface area contributed by atoms with Gasteiger partial charge in [-0.05, 0) is 25.1 Å². The highest BCUT2D eigenvalue weighted by Gasteiger charge is 2.01. The molecule has 0 aromatic heterocycles. The van der Waals surface area contributed by atoms with Gasteiger partial charge in [0.15, 0.2) is 0 Å². The lowest BCUT2D eigenvalue weighted by atomic mass is 10.1. The summed E-state index contributed by atoms with van der Waals surface area (Å²) < 4.78 is 0. The van der Waals surface area contributed by atoms with Crippen molar-refractivity contribution in [3.8, 4) is 24.0 Å². The van der Waals surface area contributed by atoms with Gasteiger partial charge in [0.1, 0.15) is 12.1 Å². The highest BCUT2D eigenvalue weighted by Crippen LogP contribution is 2.13. The van der Waals surface area contributed by atoms with Crippen LogP contribution in [0.3, 0.4) is 0 Å².